The zero-order chi connectivity index (χ0) is 16.2. The van der Waals surface area contributed by atoms with Crippen molar-refractivity contribution in [1.29, 1.82) is 0 Å². The Morgan fingerprint density at radius 2 is 1.83 bits per heavy atom. The second-order valence-electron chi connectivity index (χ2n) is 6.41. The van der Waals surface area contributed by atoms with Crippen LogP contribution in [-0.4, -0.2) is 85.1 Å². The molecule has 1 aromatic rings. The zero-order valence-corrected chi connectivity index (χ0v) is 13.7. The summed E-state index contributed by atoms with van der Waals surface area (Å²) < 4.78 is 0. The highest BCUT2D eigenvalue weighted by Gasteiger charge is 2.33. The van der Waals surface area contributed by atoms with Crippen molar-refractivity contribution >= 4 is 5.91 Å². The number of amides is 1. The number of benzene rings is 1. The number of carbonyl (C=O) groups is 1. The van der Waals surface area contributed by atoms with Crippen LogP contribution in [0.3, 0.4) is 0 Å². The lowest BCUT2D eigenvalue weighted by Gasteiger charge is -2.39. The number of hydrogen-bond acceptors (Lipinski definition) is 5. The molecule has 1 amide bonds. The van der Waals surface area contributed by atoms with E-state index in [0.717, 1.165) is 57.9 Å². The molecule has 2 saturated heterocycles. The monoisotopic (exact) mass is 318 g/mol. The summed E-state index contributed by atoms with van der Waals surface area (Å²) in [6.07, 6.45) is 0. The number of piperazine rings is 2. The molecule has 2 heterocycles. The standard InChI is InChI=1S/C17H26N4O2/c1-19-9-11-21(12-10-19)17(23)16(20-7-5-18-6-8-20)14-3-2-4-15(22)13-14/h2-4,13,16,18,22H,5-12H2,1H3. The van der Waals surface area contributed by atoms with Crippen LogP contribution in [0.1, 0.15) is 11.6 Å². The minimum Gasteiger partial charge on any atom is -0.508 e. The van der Waals surface area contributed by atoms with Gasteiger partial charge in [-0.3, -0.25) is 9.69 Å². The molecule has 0 radical (unpaired) electrons. The van der Waals surface area contributed by atoms with Gasteiger partial charge in [0.2, 0.25) is 5.91 Å². The van der Waals surface area contributed by atoms with Crippen LogP contribution in [0.15, 0.2) is 24.3 Å². The Labute approximate surface area is 137 Å². The number of phenols is 1. The molecule has 2 aliphatic rings. The van der Waals surface area contributed by atoms with Gasteiger partial charge < -0.3 is 20.2 Å². The molecular weight excluding hydrogens is 292 g/mol. The summed E-state index contributed by atoms with van der Waals surface area (Å²) in [5, 5.41) is 13.2. The fourth-order valence-electron chi connectivity index (χ4n) is 3.34. The summed E-state index contributed by atoms with van der Waals surface area (Å²) in [7, 11) is 2.09. The molecule has 6 nitrogen and oxygen atoms in total. The van der Waals surface area contributed by atoms with Crippen molar-refractivity contribution in [2.75, 3.05) is 59.4 Å². The van der Waals surface area contributed by atoms with Gasteiger partial charge in [0, 0.05) is 52.4 Å². The van der Waals surface area contributed by atoms with Crippen molar-refractivity contribution in [2.45, 2.75) is 6.04 Å². The minimum absolute atomic E-state index is 0.158. The van der Waals surface area contributed by atoms with Crippen molar-refractivity contribution in [3.8, 4) is 5.75 Å². The largest absolute Gasteiger partial charge is 0.508 e. The van der Waals surface area contributed by atoms with Gasteiger partial charge in [-0.05, 0) is 24.7 Å². The van der Waals surface area contributed by atoms with E-state index in [4.69, 9.17) is 0 Å². The molecule has 6 heteroatoms. The summed E-state index contributed by atoms with van der Waals surface area (Å²) in [5.41, 5.74) is 0.885. The predicted octanol–water partition coefficient (Wildman–Crippen LogP) is 0.113. The van der Waals surface area contributed by atoms with E-state index in [1.807, 2.05) is 17.0 Å². The van der Waals surface area contributed by atoms with E-state index in [0.29, 0.717) is 0 Å². The van der Waals surface area contributed by atoms with E-state index in [-0.39, 0.29) is 17.7 Å². The third-order valence-corrected chi connectivity index (χ3v) is 4.75. The highest BCUT2D eigenvalue weighted by atomic mass is 16.3. The molecule has 0 aliphatic carbocycles. The predicted molar refractivity (Wildman–Crippen MR) is 89.4 cm³/mol. The van der Waals surface area contributed by atoms with Crippen LogP contribution in [0.2, 0.25) is 0 Å². The maximum Gasteiger partial charge on any atom is 0.244 e. The van der Waals surface area contributed by atoms with E-state index in [9.17, 15) is 9.90 Å². The molecule has 0 bridgehead atoms. The lowest BCUT2D eigenvalue weighted by Crippen LogP contribution is -2.53. The number of rotatable bonds is 3. The highest BCUT2D eigenvalue weighted by molar-refractivity contribution is 5.83. The lowest BCUT2D eigenvalue weighted by molar-refractivity contribution is -0.139. The van der Waals surface area contributed by atoms with Crippen molar-refractivity contribution in [3.05, 3.63) is 29.8 Å². The van der Waals surface area contributed by atoms with Crippen LogP contribution in [-0.2, 0) is 4.79 Å². The molecule has 0 saturated carbocycles. The Hall–Kier alpha value is -1.63. The van der Waals surface area contributed by atoms with Gasteiger partial charge in [0.05, 0.1) is 0 Å². The molecule has 2 N–H and O–H groups in total. The maximum absolute atomic E-state index is 13.2. The molecule has 0 aromatic heterocycles. The molecule has 23 heavy (non-hydrogen) atoms. The normalized spacial score (nSPS) is 22.0. The molecule has 1 atom stereocenters. The summed E-state index contributed by atoms with van der Waals surface area (Å²) in [6, 6.07) is 6.84. The fraction of sp³-hybridized carbons (Fsp3) is 0.588. The summed E-state index contributed by atoms with van der Waals surface area (Å²) in [5.74, 6) is 0.374. The lowest BCUT2D eigenvalue weighted by atomic mass is 10.0. The average Bonchev–Trinajstić information content (AvgIpc) is 2.57. The van der Waals surface area contributed by atoms with Gasteiger partial charge in [0.15, 0.2) is 0 Å². The van der Waals surface area contributed by atoms with E-state index in [1.54, 1.807) is 12.1 Å². The van der Waals surface area contributed by atoms with Crippen molar-refractivity contribution in [3.63, 3.8) is 0 Å². The number of aromatic hydroxyl groups is 1. The van der Waals surface area contributed by atoms with Crippen molar-refractivity contribution in [2.24, 2.45) is 0 Å². The van der Waals surface area contributed by atoms with Crippen LogP contribution < -0.4 is 5.32 Å². The van der Waals surface area contributed by atoms with Crippen LogP contribution in [0, 0.1) is 0 Å². The number of nitrogens with zero attached hydrogens (tertiary/aromatic N) is 3. The third-order valence-electron chi connectivity index (χ3n) is 4.75. The molecular formula is C17H26N4O2. The number of hydrogen-bond donors (Lipinski definition) is 2. The van der Waals surface area contributed by atoms with Gasteiger partial charge in [-0.15, -0.1) is 0 Å². The van der Waals surface area contributed by atoms with Crippen molar-refractivity contribution in [1.82, 2.24) is 20.0 Å². The Balaban J connectivity index is 1.83. The molecule has 2 aliphatic heterocycles. The second kappa shape index (κ2) is 7.29. The maximum atomic E-state index is 13.2. The van der Waals surface area contributed by atoms with Crippen molar-refractivity contribution < 1.29 is 9.90 Å². The summed E-state index contributed by atoms with van der Waals surface area (Å²) >= 11 is 0. The molecule has 1 aromatic carbocycles. The van der Waals surface area contributed by atoms with E-state index >= 15 is 0 Å². The van der Waals surface area contributed by atoms with Crippen LogP contribution in [0.4, 0.5) is 0 Å². The number of carbonyl (C=O) groups excluding carboxylic acids is 1. The van der Waals surface area contributed by atoms with Crippen LogP contribution in [0.25, 0.3) is 0 Å². The SMILES string of the molecule is CN1CCN(C(=O)C(c2cccc(O)c2)N2CCNCC2)CC1. The average molecular weight is 318 g/mol. The molecule has 3 rings (SSSR count). The summed E-state index contributed by atoms with van der Waals surface area (Å²) in [4.78, 5) is 19.6. The highest BCUT2D eigenvalue weighted by Crippen LogP contribution is 2.26. The smallest absolute Gasteiger partial charge is 0.244 e. The van der Waals surface area contributed by atoms with E-state index < -0.39 is 0 Å². The van der Waals surface area contributed by atoms with Crippen LogP contribution >= 0.6 is 0 Å². The molecule has 1 unspecified atom stereocenters. The molecule has 126 valence electrons. The van der Waals surface area contributed by atoms with Gasteiger partial charge in [0.25, 0.3) is 0 Å². The quantitative estimate of drug-likeness (QED) is 0.829. The number of likely N-dealkylation sites (N-methyl/N-ethyl adjacent to an activating group) is 1. The van der Waals surface area contributed by atoms with Gasteiger partial charge >= 0.3 is 0 Å². The first-order chi connectivity index (χ1) is 11.1. The van der Waals surface area contributed by atoms with E-state index in [2.05, 4.69) is 22.2 Å². The Kier molecular flexibility index (Phi) is 5.15. The third kappa shape index (κ3) is 3.83. The number of nitrogens with one attached hydrogen (secondary N) is 1. The van der Waals surface area contributed by atoms with Gasteiger partial charge in [-0.25, -0.2) is 0 Å². The fourth-order valence-corrected chi connectivity index (χ4v) is 3.34. The topological polar surface area (TPSA) is 59.1 Å². The first-order valence-electron chi connectivity index (χ1n) is 8.36. The first-order valence-corrected chi connectivity index (χ1v) is 8.36. The summed E-state index contributed by atoms with van der Waals surface area (Å²) in [6.45, 7) is 6.86. The van der Waals surface area contributed by atoms with Gasteiger partial charge in [-0.2, -0.15) is 0 Å². The molecule has 2 fully saturated rings. The Bertz CT molecular complexity index is 537. The van der Waals surface area contributed by atoms with Gasteiger partial charge in [-0.1, -0.05) is 12.1 Å². The van der Waals surface area contributed by atoms with Crippen LogP contribution in [0.5, 0.6) is 5.75 Å². The molecule has 0 spiro atoms. The zero-order valence-electron chi connectivity index (χ0n) is 13.7. The minimum atomic E-state index is -0.299. The number of phenolic OH excluding ortho intramolecular Hbond substituents is 1. The second-order valence-corrected chi connectivity index (χ2v) is 6.41. The Morgan fingerprint density at radius 1 is 1.13 bits per heavy atom. The first kappa shape index (κ1) is 16.2. The van der Waals surface area contributed by atoms with Gasteiger partial charge in [0.1, 0.15) is 11.8 Å². The Morgan fingerprint density at radius 3 is 2.48 bits per heavy atom. The van der Waals surface area contributed by atoms with E-state index in [1.165, 1.54) is 0 Å².